The molecule has 0 unspecified atom stereocenters. The van der Waals surface area contributed by atoms with Crippen LogP contribution in [0.25, 0.3) is 0 Å². The van der Waals surface area contributed by atoms with Crippen LogP contribution in [0.1, 0.15) is 11.1 Å². The standard InChI is InChI=1S/C22H22F2N4O/c1-25-22(27-11-9-16-4-2-5-18(23)12-16)28-14-17-7-8-21(20(24)13-17)29-19-6-3-10-26-15-19/h2-8,10,12-13,15H,9,11,14H2,1H3,(H2,25,27,28). The normalized spacial score (nSPS) is 11.2. The van der Waals surface area contributed by atoms with Crippen molar-refractivity contribution in [1.82, 2.24) is 15.6 Å². The Bertz CT molecular complexity index is 964. The number of aliphatic imine (C=N–C) groups is 1. The highest BCUT2D eigenvalue weighted by Crippen LogP contribution is 2.24. The minimum atomic E-state index is -0.456. The van der Waals surface area contributed by atoms with Crippen molar-refractivity contribution in [2.45, 2.75) is 13.0 Å². The first kappa shape index (κ1) is 20.3. The van der Waals surface area contributed by atoms with Crippen LogP contribution in [0.5, 0.6) is 11.5 Å². The molecule has 0 aliphatic rings. The van der Waals surface area contributed by atoms with Crippen molar-refractivity contribution in [3.63, 3.8) is 0 Å². The average Bonchev–Trinajstić information content (AvgIpc) is 2.73. The highest BCUT2D eigenvalue weighted by atomic mass is 19.1. The molecule has 3 rings (SSSR count). The van der Waals surface area contributed by atoms with Crippen molar-refractivity contribution in [1.29, 1.82) is 0 Å². The largest absolute Gasteiger partial charge is 0.453 e. The molecule has 0 fully saturated rings. The first-order valence-corrected chi connectivity index (χ1v) is 9.19. The summed E-state index contributed by atoms with van der Waals surface area (Å²) in [5.74, 6) is 0.488. The van der Waals surface area contributed by atoms with E-state index < -0.39 is 5.82 Å². The van der Waals surface area contributed by atoms with E-state index in [0.717, 1.165) is 11.1 Å². The van der Waals surface area contributed by atoms with Gasteiger partial charge < -0.3 is 15.4 Å². The molecule has 1 heterocycles. The Morgan fingerprint density at radius 3 is 2.66 bits per heavy atom. The third kappa shape index (κ3) is 6.27. The predicted octanol–water partition coefficient (Wildman–Crippen LogP) is 4.06. The quantitative estimate of drug-likeness (QED) is 0.467. The van der Waals surface area contributed by atoms with Gasteiger partial charge in [0.15, 0.2) is 17.5 Å². The van der Waals surface area contributed by atoms with Crippen molar-refractivity contribution in [3.8, 4) is 11.5 Å². The summed E-state index contributed by atoms with van der Waals surface area (Å²) in [6, 6.07) is 14.7. The fraction of sp³-hybridized carbons (Fsp3) is 0.182. The Morgan fingerprint density at radius 1 is 1.03 bits per heavy atom. The van der Waals surface area contributed by atoms with E-state index in [9.17, 15) is 8.78 Å². The van der Waals surface area contributed by atoms with Gasteiger partial charge in [-0.05, 0) is 53.9 Å². The monoisotopic (exact) mass is 396 g/mol. The van der Waals surface area contributed by atoms with Crippen LogP contribution in [0.15, 0.2) is 72.0 Å². The topological polar surface area (TPSA) is 58.5 Å². The van der Waals surface area contributed by atoms with E-state index in [1.165, 1.54) is 24.4 Å². The Hall–Kier alpha value is -3.48. The van der Waals surface area contributed by atoms with Crippen molar-refractivity contribution < 1.29 is 13.5 Å². The average molecular weight is 396 g/mol. The number of nitrogens with one attached hydrogen (secondary N) is 2. The van der Waals surface area contributed by atoms with Gasteiger partial charge in [-0.25, -0.2) is 8.78 Å². The summed E-state index contributed by atoms with van der Waals surface area (Å²) in [4.78, 5) is 8.08. The van der Waals surface area contributed by atoms with Gasteiger partial charge >= 0.3 is 0 Å². The van der Waals surface area contributed by atoms with Crippen molar-refractivity contribution >= 4 is 5.96 Å². The van der Waals surface area contributed by atoms with Crippen LogP contribution in [0, 0.1) is 11.6 Å². The maximum atomic E-state index is 14.3. The highest BCUT2D eigenvalue weighted by Gasteiger charge is 2.07. The summed E-state index contributed by atoms with van der Waals surface area (Å²) in [6.45, 7) is 0.985. The van der Waals surface area contributed by atoms with Gasteiger partial charge in [-0.2, -0.15) is 0 Å². The van der Waals surface area contributed by atoms with E-state index in [0.29, 0.717) is 31.2 Å². The number of ether oxygens (including phenoxy) is 1. The molecule has 0 bridgehead atoms. The Kier molecular flexibility index (Phi) is 7.10. The number of benzene rings is 2. The molecule has 3 aromatic rings. The molecule has 0 aliphatic carbocycles. The fourth-order valence-electron chi connectivity index (χ4n) is 2.70. The number of nitrogens with zero attached hydrogens (tertiary/aromatic N) is 2. The summed E-state index contributed by atoms with van der Waals surface area (Å²) in [5.41, 5.74) is 1.65. The summed E-state index contributed by atoms with van der Waals surface area (Å²) >= 11 is 0. The molecule has 5 nitrogen and oxygen atoms in total. The summed E-state index contributed by atoms with van der Waals surface area (Å²) in [5, 5.41) is 6.28. The minimum absolute atomic E-state index is 0.138. The number of halogens is 2. The van der Waals surface area contributed by atoms with E-state index in [-0.39, 0.29) is 11.6 Å². The number of aromatic nitrogens is 1. The van der Waals surface area contributed by atoms with Gasteiger partial charge in [0.25, 0.3) is 0 Å². The zero-order valence-electron chi connectivity index (χ0n) is 16.0. The second-order valence-corrected chi connectivity index (χ2v) is 6.29. The SMILES string of the molecule is CN=C(NCCc1cccc(F)c1)NCc1ccc(Oc2cccnc2)c(F)c1. The minimum Gasteiger partial charge on any atom is -0.453 e. The Balaban J connectivity index is 1.49. The molecular formula is C22H22F2N4O. The van der Waals surface area contributed by atoms with Crippen LogP contribution >= 0.6 is 0 Å². The van der Waals surface area contributed by atoms with E-state index >= 15 is 0 Å². The number of rotatable bonds is 7. The zero-order chi connectivity index (χ0) is 20.5. The lowest BCUT2D eigenvalue weighted by atomic mass is 10.1. The Morgan fingerprint density at radius 2 is 1.93 bits per heavy atom. The lowest BCUT2D eigenvalue weighted by Crippen LogP contribution is -2.37. The van der Waals surface area contributed by atoms with Crippen LogP contribution in [0.2, 0.25) is 0 Å². The third-order valence-electron chi connectivity index (χ3n) is 4.14. The number of pyridine rings is 1. The maximum Gasteiger partial charge on any atom is 0.191 e. The summed E-state index contributed by atoms with van der Waals surface area (Å²) in [6.07, 6.45) is 3.80. The van der Waals surface area contributed by atoms with Gasteiger partial charge in [-0.1, -0.05) is 18.2 Å². The first-order chi connectivity index (χ1) is 14.1. The molecule has 0 radical (unpaired) electrons. The molecule has 0 saturated carbocycles. The second kappa shape index (κ2) is 10.2. The first-order valence-electron chi connectivity index (χ1n) is 9.19. The van der Waals surface area contributed by atoms with Crippen molar-refractivity contribution in [2.24, 2.45) is 4.99 Å². The van der Waals surface area contributed by atoms with Gasteiger partial charge in [0.2, 0.25) is 0 Å². The molecule has 2 N–H and O–H groups in total. The molecule has 0 atom stereocenters. The summed E-state index contributed by atoms with van der Waals surface area (Å²) < 4.78 is 33.0. The second-order valence-electron chi connectivity index (χ2n) is 6.29. The molecule has 7 heteroatoms. The van der Waals surface area contributed by atoms with Crippen molar-refractivity contribution in [2.75, 3.05) is 13.6 Å². The maximum absolute atomic E-state index is 14.3. The molecule has 29 heavy (non-hydrogen) atoms. The van der Waals surface area contributed by atoms with Crippen LogP contribution < -0.4 is 15.4 Å². The number of hydrogen-bond acceptors (Lipinski definition) is 3. The van der Waals surface area contributed by atoms with Crippen LogP contribution in [0.3, 0.4) is 0 Å². The fourth-order valence-corrected chi connectivity index (χ4v) is 2.70. The Labute approximate surface area is 168 Å². The third-order valence-corrected chi connectivity index (χ3v) is 4.14. The zero-order valence-corrected chi connectivity index (χ0v) is 16.0. The lowest BCUT2D eigenvalue weighted by molar-refractivity contribution is 0.440. The van der Waals surface area contributed by atoms with Gasteiger partial charge in [0.1, 0.15) is 11.6 Å². The molecule has 2 aromatic carbocycles. The number of guanidine groups is 1. The van der Waals surface area contributed by atoms with Crippen LogP contribution in [0.4, 0.5) is 8.78 Å². The smallest absolute Gasteiger partial charge is 0.191 e. The number of hydrogen-bond donors (Lipinski definition) is 2. The lowest BCUT2D eigenvalue weighted by Gasteiger charge is -2.13. The predicted molar refractivity (Wildman–Crippen MR) is 109 cm³/mol. The van der Waals surface area contributed by atoms with Crippen molar-refractivity contribution in [3.05, 3.63) is 89.8 Å². The molecule has 1 aromatic heterocycles. The van der Waals surface area contributed by atoms with E-state index in [1.54, 1.807) is 43.6 Å². The molecule has 0 aliphatic heterocycles. The van der Waals surface area contributed by atoms with Crippen LogP contribution in [-0.2, 0) is 13.0 Å². The van der Waals surface area contributed by atoms with Gasteiger partial charge in [-0.15, -0.1) is 0 Å². The summed E-state index contributed by atoms with van der Waals surface area (Å²) in [7, 11) is 1.66. The van der Waals surface area contributed by atoms with Gasteiger partial charge in [0, 0.05) is 26.3 Å². The molecule has 150 valence electrons. The van der Waals surface area contributed by atoms with Crippen LogP contribution in [-0.4, -0.2) is 24.5 Å². The van der Waals surface area contributed by atoms with E-state index in [4.69, 9.17) is 4.74 Å². The van der Waals surface area contributed by atoms with Gasteiger partial charge in [0.05, 0.1) is 6.20 Å². The highest BCUT2D eigenvalue weighted by molar-refractivity contribution is 5.79. The molecular weight excluding hydrogens is 374 g/mol. The van der Waals surface area contributed by atoms with Gasteiger partial charge in [-0.3, -0.25) is 9.98 Å². The van der Waals surface area contributed by atoms with E-state index in [1.807, 2.05) is 6.07 Å². The molecule has 0 saturated heterocycles. The molecule has 0 spiro atoms. The molecule has 0 amide bonds. The van der Waals surface area contributed by atoms with E-state index in [2.05, 4.69) is 20.6 Å².